The first-order valence-electron chi connectivity index (χ1n) is 5.21. The molecule has 0 radical (unpaired) electrons. The lowest BCUT2D eigenvalue weighted by molar-refractivity contribution is 0.527. The Hall–Kier alpha value is -1.79. The Morgan fingerprint density at radius 3 is 2.82 bits per heavy atom. The fourth-order valence-electron chi connectivity index (χ4n) is 1.79. The Kier molecular flexibility index (Phi) is 3.16. The molecule has 0 bridgehead atoms. The SMILES string of the molecule is Cc1cccc(C(NN)c2cnnn2C)c1F. The molecule has 0 spiro atoms. The van der Waals surface area contributed by atoms with Gasteiger partial charge in [-0.2, -0.15) is 0 Å². The molecule has 5 nitrogen and oxygen atoms in total. The van der Waals surface area contributed by atoms with Crippen LogP contribution in [0.5, 0.6) is 0 Å². The number of nitrogens with two attached hydrogens (primary N) is 1. The molecule has 1 aromatic heterocycles. The minimum atomic E-state index is -0.463. The normalized spacial score (nSPS) is 12.7. The first-order valence-corrected chi connectivity index (χ1v) is 5.21. The van der Waals surface area contributed by atoms with Gasteiger partial charge in [0.25, 0.3) is 0 Å². The molecule has 0 saturated heterocycles. The molecular formula is C11H14FN5. The van der Waals surface area contributed by atoms with Crippen LogP contribution in [0.3, 0.4) is 0 Å². The van der Waals surface area contributed by atoms with Gasteiger partial charge in [-0.25, -0.2) is 9.82 Å². The van der Waals surface area contributed by atoms with Crippen LogP contribution in [0.1, 0.15) is 22.9 Å². The van der Waals surface area contributed by atoms with Crippen LogP contribution in [-0.4, -0.2) is 15.0 Å². The van der Waals surface area contributed by atoms with E-state index in [1.165, 1.54) is 0 Å². The highest BCUT2D eigenvalue weighted by atomic mass is 19.1. The number of nitrogens with one attached hydrogen (secondary N) is 1. The van der Waals surface area contributed by atoms with E-state index in [0.717, 1.165) is 0 Å². The molecule has 17 heavy (non-hydrogen) atoms. The van der Waals surface area contributed by atoms with Crippen molar-refractivity contribution in [3.05, 3.63) is 47.0 Å². The second-order valence-electron chi connectivity index (χ2n) is 3.86. The predicted molar refractivity (Wildman–Crippen MR) is 61.3 cm³/mol. The van der Waals surface area contributed by atoms with E-state index in [-0.39, 0.29) is 5.82 Å². The number of aromatic nitrogens is 3. The molecule has 90 valence electrons. The van der Waals surface area contributed by atoms with E-state index in [1.807, 2.05) is 0 Å². The monoisotopic (exact) mass is 235 g/mol. The number of hydrazine groups is 1. The molecule has 6 heteroatoms. The minimum Gasteiger partial charge on any atom is -0.271 e. The van der Waals surface area contributed by atoms with Crippen LogP contribution in [-0.2, 0) is 7.05 Å². The number of benzene rings is 1. The van der Waals surface area contributed by atoms with E-state index in [2.05, 4.69) is 15.7 Å². The van der Waals surface area contributed by atoms with Gasteiger partial charge in [0.05, 0.1) is 17.9 Å². The van der Waals surface area contributed by atoms with Crippen molar-refractivity contribution >= 4 is 0 Å². The van der Waals surface area contributed by atoms with Gasteiger partial charge < -0.3 is 0 Å². The maximum absolute atomic E-state index is 14.0. The summed E-state index contributed by atoms with van der Waals surface area (Å²) in [5.41, 5.74) is 4.36. The van der Waals surface area contributed by atoms with Crippen LogP contribution < -0.4 is 11.3 Å². The molecule has 1 atom stereocenters. The van der Waals surface area contributed by atoms with Crippen LogP contribution in [0.4, 0.5) is 4.39 Å². The van der Waals surface area contributed by atoms with Crippen molar-refractivity contribution in [2.45, 2.75) is 13.0 Å². The maximum atomic E-state index is 14.0. The lowest BCUT2D eigenvalue weighted by atomic mass is 10.0. The Morgan fingerprint density at radius 1 is 1.47 bits per heavy atom. The van der Waals surface area contributed by atoms with E-state index >= 15 is 0 Å². The molecule has 2 aromatic rings. The Labute approximate surface area is 98.4 Å². The summed E-state index contributed by atoms with van der Waals surface area (Å²) in [6, 6.07) is 4.74. The predicted octanol–water partition coefficient (Wildman–Crippen LogP) is 0.815. The topological polar surface area (TPSA) is 68.8 Å². The number of rotatable bonds is 3. The highest BCUT2D eigenvalue weighted by Gasteiger charge is 2.20. The van der Waals surface area contributed by atoms with Crippen LogP contribution in [0.25, 0.3) is 0 Å². The van der Waals surface area contributed by atoms with Gasteiger partial charge in [-0.15, -0.1) is 5.10 Å². The smallest absolute Gasteiger partial charge is 0.131 e. The molecule has 2 rings (SSSR count). The number of hydrogen-bond donors (Lipinski definition) is 2. The number of hydrogen-bond acceptors (Lipinski definition) is 4. The van der Waals surface area contributed by atoms with Gasteiger partial charge in [0, 0.05) is 12.6 Å². The first kappa shape index (κ1) is 11.7. The second kappa shape index (κ2) is 4.60. The van der Waals surface area contributed by atoms with Gasteiger partial charge in [-0.3, -0.25) is 10.5 Å². The zero-order valence-electron chi connectivity index (χ0n) is 9.68. The number of halogens is 1. The fraction of sp³-hybridized carbons (Fsp3) is 0.273. The summed E-state index contributed by atoms with van der Waals surface area (Å²) in [5, 5.41) is 7.57. The van der Waals surface area contributed by atoms with Gasteiger partial charge in [-0.1, -0.05) is 23.4 Å². The van der Waals surface area contributed by atoms with Crippen LogP contribution in [0.15, 0.2) is 24.4 Å². The summed E-state index contributed by atoms with van der Waals surface area (Å²) in [7, 11) is 1.74. The van der Waals surface area contributed by atoms with Crippen molar-refractivity contribution in [1.82, 2.24) is 20.4 Å². The van der Waals surface area contributed by atoms with E-state index in [9.17, 15) is 4.39 Å². The summed E-state index contributed by atoms with van der Waals surface area (Å²) in [4.78, 5) is 0. The van der Waals surface area contributed by atoms with Crippen molar-refractivity contribution in [2.75, 3.05) is 0 Å². The summed E-state index contributed by atoms with van der Waals surface area (Å²) >= 11 is 0. The minimum absolute atomic E-state index is 0.267. The summed E-state index contributed by atoms with van der Waals surface area (Å²) < 4.78 is 15.6. The van der Waals surface area contributed by atoms with E-state index in [4.69, 9.17) is 5.84 Å². The number of aryl methyl sites for hydroxylation is 2. The summed E-state index contributed by atoms with van der Waals surface area (Å²) in [6.45, 7) is 1.72. The van der Waals surface area contributed by atoms with Gasteiger partial charge in [0.15, 0.2) is 0 Å². The van der Waals surface area contributed by atoms with Crippen LogP contribution in [0.2, 0.25) is 0 Å². The molecule has 1 aromatic carbocycles. The van der Waals surface area contributed by atoms with Crippen molar-refractivity contribution in [2.24, 2.45) is 12.9 Å². The Balaban J connectivity index is 2.50. The van der Waals surface area contributed by atoms with E-state index in [1.54, 1.807) is 43.0 Å². The van der Waals surface area contributed by atoms with Crippen molar-refractivity contribution in [3.63, 3.8) is 0 Å². The highest BCUT2D eigenvalue weighted by Crippen LogP contribution is 2.24. The summed E-state index contributed by atoms with van der Waals surface area (Å²) in [6.07, 6.45) is 1.56. The average Bonchev–Trinajstić information content (AvgIpc) is 2.72. The zero-order chi connectivity index (χ0) is 12.4. The lowest BCUT2D eigenvalue weighted by Crippen LogP contribution is -2.31. The van der Waals surface area contributed by atoms with Crippen LogP contribution in [0, 0.1) is 12.7 Å². The largest absolute Gasteiger partial charge is 0.271 e. The third-order valence-electron chi connectivity index (χ3n) is 2.74. The quantitative estimate of drug-likeness (QED) is 0.610. The zero-order valence-corrected chi connectivity index (χ0v) is 9.68. The maximum Gasteiger partial charge on any atom is 0.131 e. The third-order valence-corrected chi connectivity index (χ3v) is 2.74. The van der Waals surface area contributed by atoms with Gasteiger partial charge in [0.2, 0.25) is 0 Å². The lowest BCUT2D eigenvalue weighted by Gasteiger charge is -2.17. The molecule has 0 aliphatic carbocycles. The average molecular weight is 235 g/mol. The van der Waals surface area contributed by atoms with Crippen molar-refractivity contribution < 1.29 is 4.39 Å². The number of nitrogens with zero attached hydrogens (tertiary/aromatic N) is 3. The van der Waals surface area contributed by atoms with Crippen LogP contribution >= 0.6 is 0 Å². The van der Waals surface area contributed by atoms with Gasteiger partial charge >= 0.3 is 0 Å². The Bertz CT molecular complexity index is 522. The molecular weight excluding hydrogens is 221 g/mol. The molecule has 1 unspecified atom stereocenters. The molecule has 3 N–H and O–H groups in total. The molecule has 0 aliphatic rings. The first-order chi connectivity index (χ1) is 8.15. The van der Waals surface area contributed by atoms with Crippen molar-refractivity contribution in [3.8, 4) is 0 Å². The van der Waals surface area contributed by atoms with E-state index in [0.29, 0.717) is 16.8 Å². The summed E-state index contributed by atoms with van der Waals surface area (Å²) in [5.74, 6) is 5.23. The fourth-order valence-corrected chi connectivity index (χ4v) is 1.79. The standard InChI is InChI=1S/C11H14FN5/c1-7-4-3-5-8(10(7)12)11(15-13)9-6-14-16-17(9)2/h3-6,11,15H,13H2,1-2H3. The second-order valence-corrected chi connectivity index (χ2v) is 3.86. The molecule has 0 saturated carbocycles. The third kappa shape index (κ3) is 2.04. The molecule has 0 aliphatic heterocycles. The molecule has 0 amide bonds. The molecule has 0 fully saturated rings. The highest BCUT2D eigenvalue weighted by molar-refractivity contribution is 5.32. The Morgan fingerprint density at radius 2 is 2.24 bits per heavy atom. The van der Waals surface area contributed by atoms with E-state index < -0.39 is 6.04 Å². The van der Waals surface area contributed by atoms with Crippen molar-refractivity contribution in [1.29, 1.82) is 0 Å². The van der Waals surface area contributed by atoms with Gasteiger partial charge in [-0.05, 0) is 12.5 Å². The molecule has 1 heterocycles. The van der Waals surface area contributed by atoms with Gasteiger partial charge in [0.1, 0.15) is 5.82 Å².